The van der Waals surface area contributed by atoms with Gasteiger partial charge in [-0.25, -0.2) is 9.59 Å². The highest BCUT2D eigenvalue weighted by Crippen LogP contribution is 2.13. The monoisotopic (exact) mass is 200 g/mol. The van der Waals surface area contributed by atoms with Gasteiger partial charge in [-0.2, -0.15) is 0 Å². The molecule has 4 heteroatoms. The second-order valence-electron chi connectivity index (χ2n) is 3.22. The summed E-state index contributed by atoms with van der Waals surface area (Å²) in [5, 5.41) is 17.3. The number of unbranched alkanes of at least 4 members (excludes halogenated alkanes) is 2. The molecule has 0 aromatic rings. The molecule has 0 aromatic carbocycles. The van der Waals surface area contributed by atoms with Crippen LogP contribution in [0.5, 0.6) is 0 Å². The standard InChI is InChI=1S/C10H16O4/c1-3-4-5-6-7(2)8(9(11)12)10(13)14/h3-6H2,1-2H3,(H,11,12)(H,13,14). The van der Waals surface area contributed by atoms with E-state index in [1.165, 1.54) is 0 Å². The summed E-state index contributed by atoms with van der Waals surface area (Å²) >= 11 is 0. The van der Waals surface area contributed by atoms with Crippen LogP contribution >= 0.6 is 0 Å². The van der Waals surface area contributed by atoms with Crippen molar-refractivity contribution in [2.45, 2.75) is 39.5 Å². The third-order valence-electron chi connectivity index (χ3n) is 2.01. The van der Waals surface area contributed by atoms with Gasteiger partial charge in [-0.05, 0) is 19.8 Å². The Bertz CT molecular complexity index is 237. The second kappa shape index (κ2) is 6.18. The lowest BCUT2D eigenvalue weighted by Crippen LogP contribution is -2.13. The number of carboxylic acids is 2. The summed E-state index contributed by atoms with van der Waals surface area (Å²) in [6, 6.07) is 0. The zero-order valence-electron chi connectivity index (χ0n) is 8.54. The van der Waals surface area contributed by atoms with E-state index in [2.05, 4.69) is 0 Å². The number of carboxylic acid groups (broad SMARTS) is 2. The summed E-state index contributed by atoms with van der Waals surface area (Å²) in [7, 11) is 0. The molecule has 0 unspecified atom stereocenters. The molecule has 80 valence electrons. The number of hydrogen-bond donors (Lipinski definition) is 2. The molecule has 0 radical (unpaired) electrons. The minimum atomic E-state index is -1.36. The van der Waals surface area contributed by atoms with Crippen LogP contribution in [0.25, 0.3) is 0 Å². The van der Waals surface area contributed by atoms with Crippen LogP contribution in [0.4, 0.5) is 0 Å². The smallest absolute Gasteiger partial charge is 0.343 e. The van der Waals surface area contributed by atoms with Gasteiger partial charge < -0.3 is 10.2 Å². The molecule has 0 saturated heterocycles. The minimum absolute atomic E-state index is 0.443. The maximum Gasteiger partial charge on any atom is 0.343 e. The molecule has 0 aliphatic rings. The van der Waals surface area contributed by atoms with E-state index in [0.717, 1.165) is 19.3 Å². The van der Waals surface area contributed by atoms with Gasteiger partial charge >= 0.3 is 11.9 Å². The Morgan fingerprint density at radius 2 is 1.57 bits per heavy atom. The minimum Gasteiger partial charge on any atom is -0.477 e. The van der Waals surface area contributed by atoms with Crippen molar-refractivity contribution in [1.82, 2.24) is 0 Å². The molecule has 0 aliphatic carbocycles. The fourth-order valence-corrected chi connectivity index (χ4v) is 1.22. The number of rotatable bonds is 6. The Kier molecular flexibility index (Phi) is 5.60. The summed E-state index contributed by atoms with van der Waals surface area (Å²) in [4.78, 5) is 21.2. The van der Waals surface area contributed by atoms with Crippen molar-refractivity contribution >= 4 is 11.9 Å². The first-order valence-corrected chi connectivity index (χ1v) is 4.67. The van der Waals surface area contributed by atoms with Crippen LogP contribution in [-0.4, -0.2) is 22.2 Å². The molecule has 2 N–H and O–H groups in total. The van der Waals surface area contributed by atoms with Gasteiger partial charge in [-0.15, -0.1) is 0 Å². The van der Waals surface area contributed by atoms with Crippen LogP contribution in [0.15, 0.2) is 11.1 Å². The normalized spacial score (nSPS) is 9.57. The molecule has 0 bridgehead atoms. The lowest BCUT2D eigenvalue weighted by Gasteiger charge is -2.03. The quantitative estimate of drug-likeness (QED) is 0.298. The molecule has 14 heavy (non-hydrogen) atoms. The summed E-state index contributed by atoms with van der Waals surface area (Å²) in [6.45, 7) is 3.60. The molecule has 0 aliphatic heterocycles. The van der Waals surface area contributed by atoms with Crippen molar-refractivity contribution in [3.8, 4) is 0 Å². The Morgan fingerprint density at radius 3 is 1.93 bits per heavy atom. The summed E-state index contributed by atoms with van der Waals surface area (Å²) in [5.74, 6) is -2.71. The first kappa shape index (κ1) is 12.7. The summed E-state index contributed by atoms with van der Waals surface area (Å²) in [6.07, 6.45) is 3.40. The fraction of sp³-hybridized carbons (Fsp3) is 0.600. The van der Waals surface area contributed by atoms with Crippen molar-refractivity contribution in [2.75, 3.05) is 0 Å². The Morgan fingerprint density at radius 1 is 1.07 bits per heavy atom. The Balaban J connectivity index is 4.49. The average Bonchev–Trinajstić information content (AvgIpc) is 2.03. The van der Waals surface area contributed by atoms with E-state index >= 15 is 0 Å². The average molecular weight is 200 g/mol. The number of allylic oxidation sites excluding steroid dienone is 1. The van der Waals surface area contributed by atoms with Crippen molar-refractivity contribution < 1.29 is 19.8 Å². The molecular formula is C10H16O4. The van der Waals surface area contributed by atoms with Crippen LogP contribution < -0.4 is 0 Å². The fourth-order valence-electron chi connectivity index (χ4n) is 1.22. The predicted octanol–water partition coefficient (Wildman–Crippen LogP) is 2.05. The Hall–Kier alpha value is -1.32. The third-order valence-corrected chi connectivity index (χ3v) is 2.01. The van der Waals surface area contributed by atoms with Gasteiger partial charge in [0.15, 0.2) is 0 Å². The van der Waals surface area contributed by atoms with Crippen LogP contribution in [0.1, 0.15) is 39.5 Å². The van der Waals surface area contributed by atoms with Gasteiger partial charge in [0.25, 0.3) is 0 Å². The number of hydrogen-bond acceptors (Lipinski definition) is 2. The van der Waals surface area contributed by atoms with Gasteiger partial charge in [-0.1, -0.05) is 25.3 Å². The lowest BCUT2D eigenvalue weighted by atomic mass is 10.0. The first-order valence-electron chi connectivity index (χ1n) is 4.67. The third kappa shape index (κ3) is 4.07. The molecule has 4 nitrogen and oxygen atoms in total. The van der Waals surface area contributed by atoms with Gasteiger partial charge in [0, 0.05) is 0 Å². The zero-order valence-corrected chi connectivity index (χ0v) is 8.54. The van der Waals surface area contributed by atoms with Crippen LogP contribution in [0.3, 0.4) is 0 Å². The van der Waals surface area contributed by atoms with Gasteiger partial charge in [0.2, 0.25) is 0 Å². The topological polar surface area (TPSA) is 74.6 Å². The van der Waals surface area contributed by atoms with Crippen LogP contribution in [0, 0.1) is 0 Å². The van der Waals surface area contributed by atoms with E-state index in [9.17, 15) is 9.59 Å². The largest absolute Gasteiger partial charge is 0.477 e. The van der Waals surface area contributed by atoms with E-state index in [0.29, 0.717) is 12.0 Å². The molecule has 0 aromatic heterocycles. The SMILES string of the molecule is CCCCCC(C)=C(C(=O)O)C(=O)O. The van der Waals surface area contributed by atoms with E-state index in [4.69, 9.17) is 10.2 Å². The van der Waals surface area contributed by atoms with Crippen LogP contribution in [-0.2, 0) is 9.59 Å². The molecule has 0 spiro atoms. The highest BCUT2D eigenvalue weighted by molar-refractivity contribution is 6.13. The molecule has 0 amide bonds. The lowest BCUT2D eigenvalue weighted by molar-refractivity contribution is -0.140. The maximum atomic E-state index is 10.6. The molecule has 0 rings (SSSR count). The molecular weight excluding hydrogens is 184 g/mol. The van der Waals surface area contributed by atoms with E-state index in [-0.39, 0.29) is 0 Å². The second-order valence-corrected chi connectivity index (χ2v) is 3.22. The van der Waals surface area contributed by atoms with Gasteiger partial charge in [0.1, 0.15) is 5.57 Å². The molecule has 0 heterocycles. The van der Waals surface area contributed by atoms with E-state index < -0.39 is 17.5 Å². The van der Waals surface area contributed by atoms with Gasteiger partial charge in [0.05, 0.1) is 0 Å². The summed E-state index contributed by atoms with van der Waals surface area (Å²) < 4.78 is 0. The summed E-state index contributed by atoms with van der Waals surface area (Å²) in [5.41, 5.74) is -0.0421. The highest BCUT2D eigenvalue weighted by Gasteiger charge is 2.18. The van der Waals surface area contributed by atoms with Crippen molar-refractivity contribution in [2.24, 2.45) is 0 Å². The number of carbonyl (C=O) groups is 2. The highest BCUT2D eigenvalue weighted by atomic mass is 16.4. The maximum absolute atomic E-state index is 10.6. The van der Waals surface area contributed by atoms with Crippen molar-refractivity contribution in [1.29, 1.82) is 0 Å². The molecule has 0 saturated carbocycles. The number of aliphatic carboxylic acids is 2. The predicted molar refractivity (Wildman–Crippen MR) is 52.1 cm³/mol. The molecule has 0 atom stereocenters. The molecule has 0 fully saturated rings. The zero-order chi connectivity index (χ0) is 11.1. The first-order chi connectivity index (χ1) is 6.50. The Labute approximate surface area is 83.2 Å². The van der Waals surface area contributed by atoms with E-state index in [1.54, 1.807) is 6.92 Å². The van der Waals surface area contributed by atoms with Crippen LogP contribution in [0.2, 0.25) is 0 Å². The van der Waals surface area contributed by atoms with Crippen molar-refractivity contribution in [3.63, 3.8) is 0 Å². The van der Waals surface area contributed by atoms with Crippen molar-refractivity contribution in [3.05, 3.63) is 11.1 Å². The van der Waals surface area contributed by atoms with E-state index in [1.807, 2.05) is 6.92 Å². The van der Waals surface area contributed by atoms with Gasteiger partial charge in [-0.3, -0.25) is 0 Å².